The summed E-state index contributed by atoms with van der Waals surface area (Å²) >= 11 is 0.964. The number of furan rings is 1. The highest BCUT2D eigenvalue weighted by atomic mass is 32.1. The Balaban J connectivity index is 1.72. The van der Waals surface area contributed by atoms with E-state index in [1.54, 1.807) is 19.9 Å². The summed E-state index contributed by atoms with van der Waals surface area (Å²) in [6, 6.07) is 11.0. The molecule has 192 valence electrons. The fourth-order valence-corrected chi connectivity index (χ4v) is 4.53. The lowest BCUT2D eigenvalue weighted by Crippen LogP contribution is -2.14. The fraction of sp³-hybridized carbons (Fsp3) is 0.370. The summed E-state index contributed by atoms with van der Waals surface area (Å²) < 4.78 is 21.8. The molecule has 1 amide bonds. The van der Waals surface area contributed by atoms with Crippen molar-refractivity contribution in [2.45, 2.75) is 53.6 Å². The Kier molecular flexibility index (Phi) is 9.69. The van der Waals surface area contributed by atoms with E-state index in [1.807, 2.05) is 31.2 Å². The molecule has 3 aromatic rings. The van der Waals surface area contributed by atoms with Crippen molar-refractivity contribution in [1.29, 1.82) is 0 Å². The van der Waals surface area contributed by atoms with Crippen molar-refractivity contribution >= 4 is 34.2 Å². The molecule has 0 atom stereocenters. The van der Waals surface area contributed by atoms with Crippen LogP contribution in [-0.2, 0) is 22.5 Å². The number of ether oxygens (including phenoxy) is 3. The summed E-state index contributed by atoms with van der Waals surface area (Å²) in [6.07, 6.45) is 2.73. The Morgan fingerprint density at radius 1 is 0.944 bits per heavy atom. The first-order chi connectivity index (χ1) is 17.4. The first kappa shape index (κ1) is 27.0. The minimum Gasteiger partial charge on any atom is -0.486 e. The second-order valence-corrected chi connectivity index (χ2v) is 9.04. The van der Waals surface area contributed by atoms with E-state index in [2.05, 4.69) is 12.2 Å². The monoisotopic (exact) mass is 513 g/mol. The molecule has 0 fully saturated rings. The highest BCUT2D eigenvalue weighted by Gasteiger charge is 2.28. The molecular weight excluding hydrogens is 482 g/mol. The standard InChI is InChI=1S/C27H31NO7S/c1-5-8-18-9-11-19(12-10-18)34-16-20-13-14-21(35-20)24(29)28-25-22(26(30)33-15-6-2)17(4)23(36-25)27(31)32-7-3/h9-14H,5-8,15-16H2,1-4H3,(H,28,29). The molecule has 0 spiro atoms. The van der Waals surface area contributed by atoms with Gasteiger partial charge in [-0.2, -0.15) is 0 Å². The Labute approximate surface area is 214 Å². The van der Waals surface area contributed by atoms with Crippen molar-refractivity contribution in [1.82, 2.24) is 0 Å². The lowest BCUT2D eigenvalue weighted by Gasteiger charge is -2.07. The van der Waals surface area contributed by atoms with E-state index in [9.17, 15) is 14.4 Å². The van der Waals surface area contributed by atoms with Crippen LogP contribution in [0.3, 0.4) is 0 Å². The van der Waals surface area contributed by atoms with Gasteiger partial charge in [-0.25, -0.2) is 9.59 Å². The van der Waals surface area contributed by atoms with E-state index in [0.29, 0.717) is 23.5 Å². The van der Waals surface area contributed by atoms with Gasteiger partial charge in [0.25, 0.3) is 5.91 Å². The number of carbonyl (C=O) groups excluding carboxylic acids is 3. The van der Waals surface area contributed by atoms with Gasteiger partial charge in [0, 0.05) is 0 Å². The molecule has 0 aliphatic heterocycles. The van der Waals surface area contributed by atoms with Gasteiger partial charge in [-0.1, -0.05) is 32.4 Å². The van der Waals surface area contributed by atoms with Gasteiger partial charge in [0.15, 0.2) is 5.76 Å². The molecule has 0 bridgehead atoms. The predicted molar refractivity (Wildman–Crippen MR) is 137 cm³/mol. The molecule has 1 aromatic carbocycles. The minimum atomic E-state index is -0.616. The number of anilines is 1. The molecule has 2 heterocycles. The van der Waals surface area contributed by atoms with Gasteiger partial charge in [0.05, 0.1) is 18.8 Å². The largest absolute Gasteiger partial charge is 0.486 e. The molecule has 1 N–H and O–H groups in total. The molecule has 0 saturated carbocycles. The second-order valence-electron chi connectivity index (χ2n) is 8.02. The summed E-state index contributed by atoms with van der Waals surface area (Å²) in [7, 11) is 0. The third-order valence-electron chi connectivity index (χ3n) is 5.20. The average Bonchev–Trinajstić information content (AvgIpc) is 3.47. The number of aryl methyl sites for hydroxylation is 1. The van der Waals surface area contributed by atoms with Crippen molar-refractivity contribution in [3.8, 4) is 5.75 Å². The lowest BCUT2D eigenvalue weighted by molar-refractivity contribution is 0.0506. The van der Waals surface area contributed by atoms with E-state index < -0.39 is 17.8 Å². The van der Waals surface area contributed by atoms with Gasteiger partial charge in [-0.05, 0) is 62.1 Å². The van der Waals surface area contributed by atoms with E-state index in [1.165, 1.54) is 11.6 Å². The molecule has 0 saturated heterocycles. The number of benzene rings is 1. The summed E-state index contributed by atoms with van der Waals surface area (Å²) in [5, 5.41) is 2.88. The molecule has 9 heteroatoms. The lowest BCUT2D eigenvalue weighted by atomic mass is 10.1. The van der Waals surface area contributed by atoms with E-state index in [0.717, 1.165) is 24.2 Å². The molecule has 0 unspecified atom stereocenters. The molecule has 3 rings (SSSR count). The molecule has 0 radical (unpaired) electrons. The fourth-order valence-electron chi connectivity index (χ4n) is 3.44. The zero-order chi connectivity index (χ0) is 26.1. The molecule has 2 aromatic heterocycles. The number of esters is 2. The summed E-state index contributed by atoms with van der Waals surface area (Å²) in [4.78, 5) is 38.2. The zero-order valence-corrected chi connectivity index (χ0v) is 21.8. The van der Waals surface area contributed by atoms with Crippen LogP contribution >= 0.6 is 11.3 Å². The Bertz CT molecular complexity index is 1190. The summed E-state index contributed by atoms with van der Waals surface area (Å²) in [6.45, 7) is 7.89. The third kappa shape index (κ3) is 6.75. The second kappa shape index (κ2) is 12.9. The van der Waals surface area contributed by atoms with Gasteiger partial charge in [-0.15, -0.1) is 11.3 Å². The maximum Gasteiger partial charge on any atom is 0.348 e. The van der Waals surface area contributed by atoms with Gasteiger partial charge in [0.1, 0.15) is 28.0 Å². The normalized spacial score (nSPS) is 10.7. The number of rotatable bonds is 12. The van der Waals surface area contributed by atoms with Crippen LogP contribution in [0.15, 0.2) is 40.8 Å². The minimum absolute atomic E-state index is 0.0449. The Morgan fingerprint density at radius 2 is 1.69 bits per heavy atom. The SMILES string of the molecule is CCCOC(=O)c1c(NC(=O)c2ccc(COc3ccc(CCC)cc3)o2)sc(C(=O)OCC)c1C. The van der Waals surface area contributed by atoms with Crippen molar-refractivity contribution in [3.05, 3.63) is 69.5 Å². The number of carbonyl (C=O) groups is 3. The van der Waals surface area contributed by atoms with Gasteiger partial charge < -0.3 is 23.9 Å². The van der Waals surface area contributed by atoms with Crippen LogP contribution in [0.5, 0.6) is 5.75 Å². The number of hydrogen-bond acceptors (Lipinski definition) is 8. The zero-order valence-electron chi connectivity index (χ0n) is 21.0. The van der Waals surface area contributed by atoms with Crippen molar-refractivity contribution in [2.75, 3.05) is 18.5 Å². The average molecular weight is 514 g/mol. The van der Waals surface area contributed by atoms with Crippen molar-refractivity contribution in [3.63, 3.8) is 0 Å². The number of hydrogen-bond donors (Lipinski definition) is 1. The molecule has 0 aliphatic carbocycles. The summed E-state index contributed by atoms with van der Waals surface area (Å²) in [5.74, 6) is -0.530. The number of nitrogens with one attached hydrogen (secondary N) is 1. The maximum atomic E-state index is 12.9. The van der Waals surface area contributed by atoms with Crippen LogP contribution in [0.1, 0.15) is 81.1 Å². The van der Waals surface area contributed by atoms with Crippen LogP contribution in [0.25, 0.3) is 0 Å². The molecular formula is C27H31NO7S. The van der Waals surface area contributed by atoms with Crippen LogP contribution < -0.4 is 10.1 Å². The maximum absolute atomic E-state index is 12.9. The molecule has 0 aliphatic rings. The summed E-state index contributed by atoms with van der Waals surface area (Å²) in [5.41, 5.74) is 1.77. The van der Waals surface area contributed by atoms with Crippen LogP contribution in [0, 0.1) is 6.92 Å². The smallest absolute Gasteiger partial charge is 0.348 e. The first-order valence-corrected chi connectivity index (χ1v) is 12.8. The van der Waals surface area contributed by atoms with Crippen molar-refractivity contribution in [2.24, 2.45) is 0 Å². The Hall–Kier alpha value is -3.59. The highest BCUT2D eigenvalue weighted by Crippen LogP contribution is 2.35. The van der Waals surface area contributed by atoms with Gasteiger partial charge in [-0.3, -0.25) is 4.79 Å². The quantitative estimate of drug-likeness (QED) is 0.289. The van der Waals surface area contributed by atoms with E-state index >= 15 is 0 Å². The van der Waals surface area contributed by atoms with Crippen LogP contribution in [-0.4, -0.2) is 31.1 Å². The van der Waals surface area contributed by atoms with E-state index in [4.69, 9.17) is 18.6 Å². The van der Waals surface area contributed by atoms with Gasteiger partial charge in [0.2, 0.25) is 0 Å². The highest BCUT2D eigenvalue weighted by molar-refractivity contribution is 7.18. The topological polar surface area (TPSA) is 104 Å². The van der Waals surface area contributed by atoms with Gasteiger partial charge >= 0.3 is 11.9 Å². The Morgan fingerprint density at radius 3 is 2.36 bits per heavy atom. The van der Waals surface area contributed by atoms with E-state index in [-0.39, 0.29) is 41.0 Å². The van der Waals surface area contributed by atoms with Crippen molar-refractivity contribution < 1.29 is 33.0 Å². The van der Waals surface area contributed by atoms with Crippen LogP contribution in [0.2, 0.25) is 0 Å². The number of thiophene rings is 1. The molecule has 36 heavy (non-hydrogen) atoms. The number of amides is 1. The molecule has 8 nitrogen and oxygen atoms in total. The predicted octanol–water partition coefficient (Wildman–Crippen LogP) is 6.18. The van der Waals surface area contributed by atoms with Crippen LogP contribution in [0.4, 0.5) is 5.00 Å². The first-order valence-electron chi connectivity index (χ1n) is 12.0. The third-order valence-corrected chi connectivity index (χ3v) is 6.39.